The van der Waals surface area contributed by atoms with Gasteiger partial charge in [-0.3, -0.25) is 9.59 Å². The Kier molecular flexibility index (Phi) is 10.7. The number of carbonyl (C=O) groups excluding carboxylic acids is 2. The van der Waals surface area contributed by atoms with E-state index in [2.05, 4.69) is 6.92 Å². The minimum Gasteiger partial charge on any atom is -0.465 e. The minimum atomic E-state index is -0.398. The van der Waals surface area contributed by atoms with E-state index >= 15 is 0 Å². The standard InChI is InChI=1S/C18H32O7/c1-4-6-16-23-10-14(11-24-16)12-25-17(20)13(3)9-15(5-2)18(21)22-8-7-19/h13-16,19H,4-12H2,1-3H3. The van der Waals surface area contributed by atoms with Crippen molar-refractivity contribution in [2.24, 2.45) is 17.8 Å². The van der Waals surface area contributed by atoms with Crippen molar-refractivity contribution in [2.75, 3.05) is 33.0 Å². The molecule has 1 saturated heterocycles. The van der Waals surface area contributed by atoms with Gasteiger partial charge in [0.25, 0.3) is 0 Å². The lowest BCUT2D eigenvalue weighted by Crippen LogP contribution is -2.35. The Morgan fingerprint density at radius 2 is 1.84 bits per heavy atom. The first-order valence-corrected chi connectivity index (χ1v) is 9.19. The van der Waals surface area contributed by atoms with Crippen molar-refractivity contribution in [3.05, 3.63) is 0 Å². The van der Waals surface area contributed by atoms with E-state index in [0.29, 0.717) is 26.1 Å². The van der Waals surface area contributed by atoms with Gasteiger partial charge in [0, 0.05) is 5.92 Å². The zero-order valence-corrected chi connectivity index (χ0v) is 15.6. The van der Waals surface area contributed by atoms with Gasteiger partial charge in [-0.15, -0.1) is 0 Å². The molecule has 7 nitrogen and oxygen atoms in total. The molecule has 0 aromatic carbocycles. The molecule has 7 heteroatoms. The SMILES string of the molecule is CCCC1OCC(COC(=O)C(C)CC(CC)C(=O)OCCO)CO1. The van der Waals surface area contributed by atoms with Crippen LogP contribution in [0.4, 0.5) is 0 Å². The van der Waals surface area contributed by atoms with Gasteiger partial charge >= 0.3 is 11.9 Å². The molecule has 0 aliphatic carbocycles. The molecule has 1 heterocycles. The van der Waals surface area contributed by atoms with Gasteiger partial charge in [0.1, 0.15) is 6.61 Å². The Bertz CT molecular complexity index is 391. The summed E-state index contributed by atoms with van der Waals surface area (Å²) < 4.78 is 21.4. The van der Waals surface area contributed by atoms with Gasteiger partial charge < -0.3 is 24.1 Å². The minimum absolute atomic E-state index is 0.0190. The van der Waals surface area contributed by atoms with E-state index in [1.807, 2.05) is 6.92 Å². The van der Waals surface area contributed by atoms with Gasteiger partial charge in [0.05, 0.1) is 38.3 Å². The number of esters is 2. The lowest BCUT2D eigenvalue weighted by molar-refractivity contribution is -0.210. The average Bonchev–Trinajstić information content (AvgIpc) is 2.63. The molecule has 1 aliphatic rings. The summed E-state index contributed by atoms with van der Waals surface area (Å²) in [6, 6.07) is 0. The van der Waals surface area contributed by atoms with E-state index in [9.17, 15) is 9.59 Å². The van der Waals surface area contributed by atoms with E-state index in [-0.39, 0.29) is 49.9 Å². The summed E-state index contributed by atoms with van der Waals surface area (Å²) in [5.41, 5.74) is 0. The van der Waals surface area contributed by atoms with Gasteiger partial charge in [0.15, 0.2) is 6.29 Å². The smallest absolute Gasteiger partial charge is 0.309 e. The number of rotatable bonds is 11. The van der Waals surface area contributed by atoms with Gasteiger partial charge in [-0.05, 0) is 19.3 Å². The fraction of sp³-hybridized carbons (Fsp3) is 0.889. The van der Waals surface area contributed by atoms with Crippen LogP contribution in [0.1, 0.15) is 46.5 Å². The molecule has 0 aromatic rings. The predicted molar refractivity (Wildman–Crippen MR) is 90.7 cm³/mol. The maximum atomic E-state index is 12.1. The zero-order valence-electron chi connectivity index (χ0n) is 15.6. The van der Waals surface area contributed by atoms with Crippen LogP contribution in [0, 0.1) is 17.8 Å². The van der Waals surface area contributed by atoms with Crippen LogP contribution < -0.4 is 0 Å². The first-order valence-electron chi connectivity index (χ1n) is 9.19. The van der Waals surface area contributed by atoms with Crippen molar-refractivity contribution in [2.45, 2.75) is 52.7 Å². The first-order chi connectivity index (χ1) is 12.0. The second-order valence-electron chi connectivity index (χ2n) is 6.51. The van der Waals surface area contributed by atoms with E-state index in [4.69, 9.17) is 24.1 Å². The lowest BCUT2D eigenvalue weighted by atomic mass is 9.94. The molecule has 146 valence electrons. The summed E-state index contributed by atoms with van der Waals surface area (Å²) >= 11 is 0. The van der Waals surface area contributed by atoms with Crippen molar-refractivity contribution in [1.82, 2.24) is 0 Å². The van der Waals surface area contributed by atoms with Crippen molar-refractivity contribution in [1.29, 1.82) is 0 Å². The second-order valence-corrected chi connectivity index (χ2v) is 6.51. The van der Waals surface area contributed by atoms with E-state index in [1.165, 1.54) is 0 Å². The number of aliphatic hydroxyl groups excluding tert-OH is 1. The average molecular weight is 360 g/mol. The van der Waals surface area contributed by atoms with E-state index < -0.39 is 5.92 Å². The maximum absolute atomic E-state index is 12.1. The molecule has 2 unspecified atom stereocenters. The van der Waals surface area contributed by atoms with E-state index in [0.717, 1.165) is 12.8 Å². The van der Waals surface area contributed by atoms with Crippen LogP contribution in [0.25, 0.3) is 0 Å². The highest BCUT2D eigenvalue weighted by Crippen LogP contribution is 2.20. The summed E-state index contributed by atoms with van der Waals surface area (Å²) in [5, 5.41) is 8.71. The van der Waals surface area contributed by atoms with Gasteiger partial charge in [-0.2, -0.15) is 0 Å². The Balaban J connectivity index is 2.30. The van der Waals surface area contributed by atoms with Crippen molar-refractivity contribution < 1.29 is 33.6 Å². The van der Waals surface area contributed by atoms with Crippen LogP contribution in [-0.4, -0.2) is 56.4 Å². The lowest BCUT2D eigenvalue weighted by Gasteiger charge is -2.29. The first kappa shape index (κ1) is 21.9. The molecule has 1 rings (SSSR count). The number of hydrogen-bond donors (Lipinski definition) is 1. The molecule has 1 aliphatic heterocycles. The molecule has 2 atom stereocenters. The zero-order chi connectivity index (χ0) is 18.7. The topological polar surface area (TPSA) is 91.3 Å². The van der Waals surface area contributed by atoms with Crippen molar-refractivity contribution >= 4 is 11.9 Å². The quantitative estimate of drug-likeness (QED) is 0.563. The molecular weight excluding hydrogens is 328 g/mol. The summed E-state index contributed by atoms with van der Waals surface area (Å²) in [6.45, 7) is 6.77. The fourth-order valence-electron chi connectivity index (χ4n) is 2.64. The summed E-state index contributed by atoms with van der Waals surface area (Å²) in [7, 11) is 0. The Morgan fingerprint density at radius 3 is 2.40 bits per heavy atom. The van der Waals surface area contributed by atoms with Crippen LogP contribution in [-0.2, 0) is 28.5 Å². The Hall–Kier alpha value is -1.18. The summed E-state index contributed by atoms with van der Waals surface area (Å²) in [6.07, 6.45) is 2.67. The number of aliphatic hydroxyl groups is 1. The molecule has 25 heavy (non-hydrogen) atoms. The molecule has 0 saturated carbocycles. The highest BCUT2D eigenvalue weighted by molar-refractivity contribution is 5.75. The molecule has 0 aromatic heterocycles. The van der Waals surface area contributed by atoms with Crippen LogP contribution in [0.15, 0.2) is 0 Å². The van der Waals surface area contributed by atoms with Crippen molar-refractivity contribution in [3.8, 4) is 0 Å². The number of ether oxygens (including phenoxy) is 4. The molecular formula is C18H32O7. The fourth-order valence-corrected chi connectivity index (χ4v) is 2.64. The number of carbonyl (C=O) groups is 2. The van der Waals surface area contributed by atoms with Crippen molar-refractivity contribution in [3.63, 3.8) is 0 Å². The van der Waals surface area contributed by atoms with Gasteiger partial charge in [-0.25, -0.2) is 0 Å². The summed E-state index contributed by atoms with van der Waals surface area (Å²) in [4.78, 5) is 24.0. The van der Waals surface area contributed by atoms with Crippen LogP contribution in [0.2, 0.25) is 0 Å². The van der Waals surface area contributed by atoms with Crippen LogP contribution in [0.5, 0.6) is 0 Å². The van der Waals surface area contributed by atoms with Gasteiger partial charge in [0.2, 0.25) is 0 Å². The molecule has 0 amide bonds. The highest BCUT2D eigenvalue weighted by Gasteiger charge is 2.27. The molecule has 1 N–H and O–H groups in total. The van der Waals surface area contributed by atoms with Gasteiger partial charge in [-0.1, -0.05) is 27.2 Å². The predicted octanol–water partition coefficient (Wildman–Crippen LogP) is 1.91. The van der Waals surface area contributed by atoms with Crippen LogP contribution >= 0.6 is 0 Å². The maximum Gasteiger partial charge on any atom is 0.309 e. The molecule has 0 radical (unpaired) electrons. The number of hydrogen-bond acceptors (Lipinski definition) is 7. The third-order valence-electron chi connectivity index (χ3n) is 4.22. The molecule has 0 bridgehead atoms. The third kappa shape index (κ3) is 8.16. The Labute approximate surface area is 150 Å². The monoisotopic (exact) mass is 360 g/mol. The largest absolute Gasteiger partial charge is 0.465 e. The normalized spacial score (nSPS) is 22.9. The Morgan fingerprint density at radius 1 is 1.16 bits per heavy atom. The third-order valence-corrected chi connectivity index (χ3v) is 4.22. The molecule has 1 fully saturated rings. The van der Waals surface area contributed by atoms with E-state index in [1.54, 1.807) is 6.92 Å². The summed E-state index contributed by atoms with van der Waals surface area (Å²) in [5.74, 6) is -1.44. The van der Waals surface area contributed by atoms with Crippen LogP contribution in [0.3, 0.4) is 0 Å². The molecule has 0 spiro atoms. The highest BCUT2D eigenvalue weighted by atomic mass is 16.7. The second kappa shape index (κ2) is 12.2.